The summed E-state index contributed by atoms with van der Waals surface area (Å²) in [4.78, 5) is 12.3. The average molecular weight is 347 g/mol. The van der Waals surface area contributed by atoms with Crippen LogP contribution in [0.3, 0.4) is 0 Å². The van der Waals surface area contributed by atoms with Gasteiger partial charge in [0.2, 0.25) is 10.0 Å². The molecule has 0 aliphatic heterocycles. The summed E-state index contributed by atoms with van der Waals surface area (Å²) < 4.78 is 26.2. The van der Waals surface area contributed by atoms with E-state index in [0.29, 0.717) is 22.7 Å². The highest BCUT2D eigenvalue weighted by Crippen LogP contribution is 2.24. The van der Waals surface area contributed by atoms with Crippen LogP contribution in [0.15, 0.2) is 23.1 Å². The van der Waals surface area contributed by atoms with Gasteiger partial charge < -0.3 is 5.32 Å². The first kappa shape index (κ1) is 15.8. The van der Waals surface area contributed by atoms with Crippen molar-refractivity contribution in [1.29, 1.82) is 0 Å². The van der Waals surface area contributed by atoms with E-state index < -0.39 is 10.0 Å². The van der Waals surface area contributed by atoms with Crippen molar-refractivity contribution in [3.63, 3.8) is 0 Å². The Bertz CT molecular complexity index is 789. The van der Waals surface area contributed by atoms with E-state index in [2.05, 4.69) is 14.9 Å². The van der Waals surface area contributed by atoms with Gasteiger partial charge in [-0.2, -0.15) is 0 Å². The van der Waals surface area contributed by atoms with Gasteiger partial charge in [0.25, 0.3) is 5.91 Å². The molecule has 0 atom stereocenters. The number of hydrogen-bond donors (Lipinski definition) is 2. The van der Waals surface area contributed by atoms with Crippen molar-refractivity contribution >= 4 is 44.8 Å². The van der Waals surface area contributed by atoms with Crippen molar-refractivity contribution in [2.75, 3.05) is 5.32 Å². The maximum absolute atomic E-state index is 12.1. The summed E-state index contributed by atoms with van der Waals surface area (Å²) in [6.07, 6.45) is 0.588. The van der Waals surface area contributed by atoms with Crippen LogP contribution in [-0.4, -0.2) is 23.9 Å². The summed E-state index contributed by atoms with van der Waals surface area (Å²) in [5, 5.41) is 11.4. The smallest absolute Gasteiger partial charge is 0.269 e. The Hall–Kier alpha value is -1.55. The van der Waals surface area contributed by atoms with Crippen LogP contribution in [0.4, 0.5) is 5.69 Å². The van der Waals surface area contributed by atoms with E-state index in [1.54, 1.807) is 0 Å². The molecular weight excluding hydrogens is 336 g/mol. The topological polar surface area (TPSA) is 115 Å². The second-order valence-corrected chi connectivity index (χ2v) is 6.74. The van der Waals surface area contributed by atoms with Crippen LogP contribution in [0.5, 0.6) is 0 Å². The lowest BCUT2D eigenvalue weighted by atomic mass is 10.2. The molecule has 0 unspecified atom stereocenters. The molecule has 7 nitrogen and oxygen atoms in total. The van der Waals surface area contributed by atoms with E-state index in [1.807, 2.05) is 6.92 Å². The normalized spacial score (nSPS) is 11.4. The number of sulfonamides is 1. The van der Waals surface area contributed by atoms with Crippen LogP contribution in [0, 0.1) is 0 Å². The number of aromatic nitrogens is 2. The number of nitrogens with zero attached hydrogens (tertiary/aromatic N) is 2. The fraction of sp³-hybridized carbons (Fsp3) is 0.182. The number of carbonyl (C=O) groups is 1. The maximum atomic E-state index is 12.1. The molecule has 0 saturated carbocycles. The Kier molecular flexibility index (Phi) is 4.57. The monoisotopic (exact) mass is 346 g/mol. The number of primary sulfonamides is 1. The largest absolute Gasteiger partial charge is 0.321 e. The van der Waals surface area contributed by atoms with E-state index in [9.17, 15) is 13.2 Å². The van der Waals surface area contributed by atoms with Gasteiger partial charge in [-0.3, -0.25) is 4.79 Å². The Morgan fingerprint density at radius 2 is 2.19 bits per heavy atom. The second kappa shape index (κ2) is 6.06. The molecule has 10 heteroatoms. The second-order valence-electron chi connectivity index (χ2n) is 4.05. The lowest BCUT2D eigenvalue weighted by molar-refractivity contribution is 0.102. The fourth-order valence-electron chi connectivity index (χ4n) is 1.61. The lowest BCUT2D eigenvalue weighted by Gasteiger charge is -2.07. The van der Waals surface area contributed by atoms with Gasteiger partial charge in [-0.05, 0) is 36.2 Å². The SMILES string of the molecule is CCc1nnsc1C(=O)Nc1ccc(S(N)(=O)=O)c(Cl)c1. The molecule has 0 aliphatic rings. The summed E-state index contributed by atoms with van der Waals surface area (Å²) in [7, 11) is -3.90. The van der Waals surface area contributed by atoms with Crippen LogP contribution in [0.25, 0.3) is 0 Å². The first-order valence-corrected chi connectivity index (χ1v) is 8.47. The first-order chi connectivity index (χ1) is 9.82. The van der Waals surface area contributed by atoms with E-state index in [0.717, 1.165) is 11.5 Å². The number of hydrogen-bond acceptors (Lipinski definition) is 6. The highest BCUT2D eigenvalue weighted by Gasteiger charge is 2.17. The summed E-state index contributed by atoms with van der Waals surface area (Å²) in [6.45, 7) is 1.87. The minimum atomic E-state index is -3.90. The number of carbonyl (C=O) groups excluding carboxylic acids is 1. The van der Waals surface area contributed by atoms with Crippen LogP contribution >= 0.6 is 23.1 Å². The lowest BCUT2D eigenvalue weighted by Crippen LogP contribution is -2.14. The zero-order valence-corrected chi connectivity index (χ0v) is 13.2. The molecule has 0 spiro atoms. The highest BCUT2D eigenvalue weighted by atomic mass is 35.5. The zero-order chi connectivity index (χ0) is 15.6. The van der Waals surface area contributed by atoms with Crippen LogP contribution < -0.4 is 10.5 Å². The number of rotatable bonds is 4. The molecule has 3 N–H and O–H groups in total. The van der Waals surface area contributed by atoms with Crippen molar-refractivity contribution in [2.45, 2.75) is 18.2 Å². The van der Waals surface area contributed by atoms with Crippen LogP contribution in [0.1, 0.15) is 22.3 Å². The number of nitrogens with one attached hydrogen (secondary N) is 1. The van der Waals surface area contributed by atoms with Gasteiger partial charge in [0.1, 0.15) is 9.77 Å². The molecule has 0 aliphatic carbocycles. The van der Waals surface area contributed by atoms with Gasteiger partial charge in [-0.1, -0.05) is 23.0 Å². The van der Waals surface area contributed by atoms with Crippen molar-refractivity contribution in [3.8, 4) is 0 Å². The molecule has 0 radical (unpaired) electrons. The van der Waals surface area contributed by atoms with Gasteiger partial charge in [-0.25, -0.2) is 13.6 Å². The number of anilines is 1. The molecule has 0 fully saturated rings. The predicted octanol–water partition coefficient (Wildman–Crippen LogP) is 1.65. The molecule has 1 aromatic heterocycles. The van der Waals surface area contributed by atoms with Gasteiger partial charge in [0, 0.05) is 5.69 Å². The minimum absolute atomic E-state index is 0.0616. The zero-order valence-electron chi connectivity index (χ0n) is 10.8. The molecular formula is C11H11ClN4O3S2. The van der Waals surface area contributed by atoms with Crippen molar-refractivity contribution in [3.05, 3.63) is 33.8 Å². The molecule has 0 saturated heterocycles. The first-order valence-electron chi connectivity index (χ1n) is 5.78. The summed E-state index contributed by atoms with van der Waals surface area (Å²) in [5.41, 5.74) is 0.956. The third-order valence-corrected chi connectivity index (χ3v) is 4.75. The molecule has 21 heavy (non-hydrogen) atoms. The molecule has 112 valence electrons. The summed E-state index contributed by atoms with van der Waals surface area (Å²) in [6, 6.07) is 3.96. The Morgan fingerprint density at radius 1 is 1.48 bits per heavy atom. The fourth-order valence-corrected chi connectivity index (χ4v) is 3.35. The van der Waals surface area contributed by atoms with E-state index >= 15 is 0 Å². The molecule has 1 amide bonds. The average Bonchev–Trinajstić information content (AvgIpc) is 2.85. The quantitative estimate of drug-likeness (QED) is 0.873. The van der Waals surface area contributed by atoms with Crippen molar-refractivity contribution in [2.24, 2.45) is 5.14 Å². The number of aryl methyl sites for hydroxylation is 1. The standard InChI is InChI=1S/C11H11ClN4O3S2/c1-2-8-10(20-16-15-8)11(17)14-6-3-4-9(7(12)5-6)21(13,18)19/h3-5H,2H2,1H3,(H,14,17)(H2,13,18,19). The molecule has 2 rings (SSSR count). The van der Waals surface area contributed by atoms with Crippen molar-refractivity contribution in [1.82, 2.24) is 9.59 Å². The van der Waals surface area contributed by atoms with E-state index in [-0.39, 0.29) is 15.8 Å². The summed E-state index contributed by atoms with van der Waals surface area (Å²) >= 11 is 6.84. The third-order valence-electron chi connectivity index (χ3n) is 2.59. The van der Waals surface area contributed by atoms with Gasteiger partial charge in [-0.15, -0.1) is 5.10 Å². The molecule has 0 bridgehead atoms. The third kappa shape index (κ3) is 3.56. The minimum Gasteiger partial charge on any atom is -0.321 e. The molecule has 2 aromatic rings. The van der Waals surface area contributed by atoms with E-state index in [1.165, 1.54) is 18.2 Å². The number of amides is 1. The highest BCUT2D eigenvalue weighted by molar-refractivity contribution is 7.89. The Labute approximate surface area is 130 Å². The summed E-state index contributed by atoms with van der Waals surface area (Å²) in [5.74, 6) is -0.374. The predicted molar refractivity (Wildman–Crippen MR) is 80.1 cm³/mol. The maximum Gasteiger partial charge on any atom is 0.269 e. The number of benzene rings is 1. The van der Waals surface area contributed by atoms with Crippen molar-refractivity contribution < 1.29 is 13.2 Å². The molecule has 1 aromatic carbocycles. The van der Waals surface area contributed by atoms with Gasteiger partial charge in [0.05, 0.1) is 10.7 Å². The van der Waals surface area contributed by atoms with Gasteiger partial charge in [0.15, 0.2) is 0 Å². The van der Waals surface area contributed by atoms with Gasteiger partial charge >= 0.3 is 0 Å². The van der Waals surface area contributed by atoms with E-state index in [4.69, 9.17) is 16.7 Å². The Morgan fingerprint density at radius 3 is 2.76 bits per heavy atom. The number of nitrogens with two attached hydrogens (primary N) is 1. The Balaban J connectivity index is 2.25. The number of halogens is 1. The molecule has 1 heterocycles. The van der Waals surface area contributed by atoms with Crippen LogP contribution in [0.2, 0.25) is 5.02 Å². The van der Waals surface area contributed by atoms with Crippen LogP contribution in [-0.2, 0) is 16.4 Å².